The summed E-state index contributed by atoms with van der Waals surface area (Å²) >= 11 is 0. The highest BCUT2D eigenvalue weighted by molar-refractivity contribution is 6.01. The summed E-state index contributed by atoms with van der Waals surface area (Å²) in [6, 6.07) is 1.17. The van der Waals surface area contributed by atoms with Gasteiger partial charge in [0, 0.05) is 54.7 Å². The molecule has 1 aromatic carbocycles. The number of nitrogens with zero attached hydrogens (tertiary/aromatic N) is 2. The first-order valence-corrected chi connectivity index (χ1v) is 21.3. The second-order valence-corrected chi connectivity index (χ2v) is 18.2. The van der Waals surface area contributed by atoms with E-state index < -0.39 is 83.7 Å². The number of nitrogens with one attached hydrogen (secondary N) is 1. The molecule has 1 saturated heterocycles. The maximum Gasteiger partial charge on any atom is 0.346 e. The SMILES string of the molecule is COc1c(N2CCNC(C)C2)c(F)cc2c(=O)c(C(=O)OCOC(=O)CCC(=O)OCC(=O)[C@@]3(O)CC[C@H]4[C@@H]5CCC6=CC(=O)C=C[C@]6(C)[C@H]5[C@@H](O)C[C@@]43C)cn(C3CC3)c12. The minimum atomic E-state index is -1.85. The molecule has 5 fully saturated rings. The van der Waals surface area contributed by atoms with E-state index in [1.165, 1.54) is 13.3 Å². The maximum atomic E-state index is 15.8. The molecule has 0 bridgehead atoms. The highest BCUT2D eigenvalue weighted by Crippen LogP contribution is 2.67. The number of halogens is 1. The van der Waals surface area contributed by atoms with Crippen LogP contribution in [0, 0.1) is 34.4 Å². The Balaban J connectivity index is 0.846. The van der Waals surface area contributed by atoms with Gasteiger partial charge in [0.05, 0.1) is 37.0 Å². The molecule has 0 radical (unpaired) electrons. The fourth-order valence-corrected chi connectivity index (χ4v) is 11.5. The standard InChI is InChI=1S/C45H54FN3O12/c1-24-20-48(16-15-47-24)39-32(46)18-29-38(41(39)58-4)49(26-6-7-26)21-30(40(29)55)42(56)61-23-60-36(54)10-9-35(53)59-22-34(52)45(57)14-12-31-28-8-5-25-17-27(50)11-13-43(25,2)37(28)33(51)19-44(31,45)3/h11,13,17-18,21,24,26,28,31,33,37,47,51,57H,5-10,12,14-16,19-20,22-23H2,1-4H3/t24?,28-,31-,33-,37+,43-,44-,45-/m0/s1. The van der Waals surface area contributed by atoms with E-state index in [0.717, 1.165) is 30.9 Å². The normalized spacial score (nSPS) is 31.7. The molecule has 4 saturated carbocycles. The predicted octanol–water partition coefficient (Wildman–Crippen LogP) is 3.84. The Bertz CT molecular complexity index is 2300. The largest absolute Gasteiger partial charge is 0.492 e. The summed E-state index contributed by atoms with van der Waals surface area (Å²) in [6.07, 6.45) is 8.51. The number of Topliss-reactive ketones (excluding diaryl/α,β-unsaturated/α-hetero) is 1. The molecule has 328 valence electrons. The number of aliphatic hydroxyl groups excluding tert-OH is 1. The Morgan fingerprint density at radius 3 is 2.48 bits per heavy atom. The number of carbonyl (C=O) groups excluding carboxylic acids is 5. The van der Waals surface area contributed by atoms with Crippen LogP contribution in [-0.2, 0) is 33.4 Å². The van der Waals surface area contributed by atoms with E-state index in [1.54, 1.807) is 16.7 Å². The summed E-state index contributed by atoms with van der Waals surface area (Å²) in [7, 11) is 1.41. The molecular weight excluding hydrogens is 794 g/mol. The third kappa shape index (κ3) is 7.37. The van der Waals surface area contributed by atoms with Crippen LogP contribution < -0.4 is 20.4 Å². The molecular formula is C45H54FN3O12. The molecule has 0 amide bonds. The lowest BCUT2D eigenvalue weighted by atomic mass is 9.46. The van der Waals surface area contributed by atoms with Crippen molar-refractivity contribution in [2.45, 2.75) is 102 Å². The lowest BCUT2D eigenvalue weighted by Crippen LogP contribution is -2.61. The molecule has 5 aliphatic carbocycles. The van der Waals surface area contributed by atoms with Gasteiger partial charge < -0.3 is 43.9 Å². The summed E-state index contributed by atoms with van der Waals surface area (Å²) in [4.78, 5) is 79.6. The molecule has 61 heavy (non-hydrogen) atoms. The van der Waals surface area contributed by atoms with Gasteiger partial charge in [-0.05, 0) is 81.9 Å². The molecule has 0 spiro atoms. The number of allylic oxidation sites excluding steroid dienone is 4. The molecule has 8 atom stereocenters. The van der Waals surface area contributed by atoms with Crippen LogP contribution in [0.5, 0.6) is 5.75 Å². The maximum absolute atomic E-state index is 15.8. The van der Waals surface area contributed by atoms with Gasteiger partial charge in [0.1, 0.15) is 16.9 Å². The van der Waals surface area contributed by atoms with Gasteiger partial charge in [-0.2, -0.15) is 0 Å². The first-order valence-electron chi connectivity index (χ1n) is 21.3. The Morgan fingerprint density at radius 1 is 1.03 bits per heavy atom. The van der Waals surface area contributed by atoms with Crippen molar-refractivity contribution in [3.05, 3.63) is 57.7 Å². The number of esters is 3. The molecule has 16 heteroatoms. The average Bonchev–Trinajstić information content (AvgIpc) is 4.03. The Hall–Kier alpha value is -4.93. The molecule has 8 rings (SSSR count). The number of carbonyl (C=O) groups is 5. The highest BCUT2D eigenvalue weighted by Gasteiger charge is 2.68. The third-order valence-electron chi connectivity index (χ3n) is 14.7. The van der Waals surface area contributed by atoms with Gasteiger partial charge in [0.25, 0.3) is 0 Å². The van der Waals surface area contributed by atoms with Gasteiger partial charge in [-0.1, -0.05) is 25.5 Å². The Labute approximate surface area is 352 Å². The summed E-state index contributed by atoms with van der Waals surface area (Å²) in [5, 5.41) is 26.8. The number of ketones is 2. The summed E-state index contributed by atoms with van der Waals surface area (Å²) < 4.78 is 38.6. The van der Waals surface area contributed by atoms with E-state index in [-0.39, 0.29) is 70.8 Å². The van der Waals surface area contributed by atoms with Gasteiger partial charge in [-0.25, -0.2) is 9.18 Å². The zero-order valence-corrected chi connectivity index (χ0v) is 35.0. The third-order valence-corrected chi connectivity index (χ3v) is 14.7. The van der Waals surface area contributed by atoms with Crippen molar-refractivity contribution in [3.8, 4) is 5.75 Å². The molecule has 3 N–H and O–H groups in total. The molecule has 2 heterocycles. The number of piperazine rings is 1. The second-order valence-electron chi connectivity index (χ2n) is 18.2. The van der Waals surface area contributed by atoms with Gasteiger partial charge >= 0.3 is 17.9 Å². The number of methoxy groups -OCH3 is 1. The summed E-state index contributed by atoms with van der Waals surface area (Å²) in [5.74, 6) is -4.35. The molecule has 1 unspecified atom stereocenters. The molecule has 1 aliphatic heterocycles. The van der Waals surface area contributed by atoms with Gasteiger partial charge in [0.2, 0.25) is 18.0 Å². The minimum Gasteiger partial charge on any atom is -0.492 e. The van der Waals surface area contributed by atoms with E-state index in [9.17, 15) is 39.0 Å². The van der Waals surface area contributed by atoms with Crippen molar-refractivity contribution in [1.82, 2.24) is 9.88 Å². The second kappa shape index (κ2) is 16.1. The number of hydrogen-bond donors (Lipinski definition) is 3. The Morgan fingerprint density at radius 2 is 1.77 bits per heavy atom. The van der Waals surface area contributed by atoms with E-state index in [4.69, 9.17) is 18.9 Å². The van der Waals surface area contributed by atoms with Crippen LogP contribution in [-0.4, -0.2) is 102 Å². The number of aliphatic hydroxyl groups is 2. The predicted molar refractivity (Wildman–Crippen MR) is 217 cm³/mol. The lowest BCUT2D eigenvalue weighted by Gasteiger charge is -2.59. The molecule has 2 aromatic rings. The summed E-state index contributed by atoms with van der Waals surface area (Å²) in [5.41, 5.74) is -2.85. The van der Waals surface area contributed by atoms with E-state index in [1.807, 2.05) is 31.7 Å². The molecule has 15 nitrogen and oxygen atoms in total. The van der Waals surface area contributed by atoms with Gasteiger partial charge in [-0.3, -0.25) is 24.0 Å². The zero-order chi connectivity index (χ0) is 43.6. The smallest absolute Gasteiger partial charge is 0.346 e. The summed E-state index contributed by atoms with van der Waals surface area (Å²) in [6.45, 7) is 5.97. The molecule has 1 aromatic heterocycles. The van der Waals surface area contributed by atoms with Gasteiger partial charge in [0.15, 0.2) is 24.0 Å². The van der Waals surface area contributed by atoms with Crippen LogP contribution in [0.15, 0.2) is 40.9 Å². The number of anilines is 1. The first-order chi connectivity index (χ1) is 29.0. The van der Waals surface area contributed by atoms with Crippen molar-refractivity contribution in [3.63, 3.8) is 0 Å². The zero-order valence-electron chi connectivity index (χ0n) is 35.0. The fourth-order valence-electron chi connectivity index (χ4n) is 11.5. The van der Waals surface area contributed by atoms with E-state index in [2.05, 4.69) is 5.32 Å². The number of pyridine rings is 1. The fraction of sp³-hybridized carbons (Fsp3) is 0.600. The average molecular weight is 848 g/mol. The minimum absolute atomic E-state index is 0.00583. The van der Waals surface area contributed by atoms with Crippen molar-refractivity contribution < 1.29 is 57.5 Å². The number of aromatic nitrogens is 1. The van der Waals surface area contributed by atoms with Crippen molar-refractivity contribution in [1.29, 1.82) is 0 Å². The number of benzene rings is 1. The van der Waals surface area contributed by atoms with Crippen molar-refractivity contribution in [2.24, 2.45) is 28.6 Å². The number of hydrogen-bond acceptors (Lipinski definition) is 14. The Kier molecular flexibility index (Phi) is 11.3. The highest BCUT2D eigenvalue weighted by atomic mass is 19.1. The van der Waals surface area contributed by atoms with Crippen LogP contribution in [0.2, 0.25) is 0 Å². The van der Waals surface area contributed by atoms with Gasteiger partial charge in [-0.15, -0.1) is 0 Å². The van der Waals surface area contributed by atoms with Crippen molar-refractivity contribution >= 4 is 46.1 Å². The first kappa shape index (κ1) is 42.7. The number of rotatable bonds is 12. The van der Waals surface area contributed by atoms with Crippen LogP contribution in [0.3, 0.4) is 0 Å². The molecule has 6 aliphatic rings. The van der Waals surface area contributed by atoms with Crippen LogP contribution in [0.25, 0.3) is 10.9 Å². The van der Waals surface area contributed by atoms with E-state index >= 15 is 4.39 Å². The van der Waals surface area contributed by atoms with E-state index in [0.29, 0.717) is 38.0 Å². The van der Waals surface area contributed by atoms with Crippen molar-refractivity contribution in [2.75, 3.05) is 45.0 Å². The van der Waals surface area contributed by atoms with Crippen LogP contribution >= 0.6 is 0 Å². The van der Waals surface area contributed by atoms with Crippen LogP contribution in [0.4, 0.5) is 10.1 Å². The number of fused-ring (bicyclic) bond motifs is 6. The monoisotopic (exact) mass is 847 g/mol. The number of ether oxygens (including phenoxy) is 4. The van der Waals surface area contributed by atoms with Crippen LogP contribution in [0.1, 0.15) is 95.0 Å². The topological polar surface area (TPSA) is 200 Å². The lowest BCUT2D eigenvalue weighted by molar-refractivity contribution is -0.181. The quantitative estimate of drug-likeness (QED) is 0.206.